The molecule has 0 amide bonds. The van der Waals surface area contributed by atoms with Crippen molar-refractivity contribution in [3.8, 4) is 5.75 Å². The molecule has 0 radical (unpaired) electrons. The first kappa shape index (κ1) is 13.8. The van der Waals surface area contributed by atoms with Crippen LogP contribution in [0.3, 0.4) is 0 Å². The highest BCUT2D eigenvalue weighted by Gasteiger charge is 2.16. The Morgan fingerprint density at radius 1 is 1.35 bits per heavy atom. The minimum Gasteiger partial charge on any atom is -0.482 e. The molecule has 1 aromatic rings. The van der Waals surface area contributed by atoms with Crippen LogP contribution in [-0.2, 0) is 9.53 Å². The quantitative estimate of drug-likeness (QED) is 0.778. The standard InChI is InChI=1S/C13H17ClO3/c1-9-10(14)6-5-7-11(9)16-8-12(15)17-13(2,3)4/h5-7H,8H2,1-4H3. The van der Waals surface area contributed by atoms with Crippen molar-refractivity contribution in [1.82, 2.24) is 0 Å². The zero-order chi connectivity index (χ0) is 13.1. The fourth-order valence-corrected chi connectivity index (χ4v) is 1.42. The minimum absolute atomic E-state index is 0.113. The topological polar surface area (TPSA) is 35.5 Å². The molecule has 17 heavy (non-hydrogen) atoms. The van der Waals surface area contributed by atoms with E-state index < -0.39 is 11.6 Å². The van der Waals surface area contributed by atoms with Crippen LogP contribution in [0.1, 0.15) is 26.3 Å². The van der Waals surface area contributed by atoms with E-state index in [-0.39, 0.29) is 6.61 Å². The van der Waals surface area contributed by atoms with Gasteiger partial charge in [-0.2, -0.15) is 0 Å². The number of carbonyl (C=O) groups is 1. The summed E-state index contributed by atoms with van der Waals surface area (Å²) in [4.78, 5) is 11.4. The molecule has 0 aliphatic rings. The Morgan fingerprint density at radius 3 is 2.59 bits per heavy atom. The molecule has 0 fully saturated rings. The molecular weight excluding hydrogens is 240 g/mol. The highest BCUT2D eigenvalue weighted by molar-refractivity contribution is 6.31. The van der Waals surface area contributed by atoms with Gasteiger partial charge in [0.2, 0.25) is 0 Å². The van der Waals surface area contributed by atoms with Gasteiger partial charge in [0.1, 0.15) is 11.4 Å². The summed E-state index contributed by atoms with van der Waals surface area (Å²) in [5.41, 5.74) is 0.321. The lowest BCUT2D eigenvalue weighted by Crippen LogP contribution is -2.27. The van der Waals surface area contributed by atoms with Crippen molar-refractivity contribution in [3.05, 3.63) is 28.8 Å². The SMILES string of the molecule is Cc1c(Cl)cccc1OCC(=O)OC(C)(C)C. The molecule has 0 heterocycles. The normalized spacial score (nSPS) is 11.1. The highest BCUT2D eigenvalue weighted by Crippen LogP contribution is 2.25. The largest absolute Gasteiger partial charge is 0.482 e. The van der Waals surface area contributed by atoms with Crippen molar-refractivity contribution in [1.29, 1.82) is 0 Å². The van der Waals surface area contributed by atoms with Gasteiger partial charge in [0, 0.05) is 10.6 Å². The molecule has 0 aliphatic carbocycles. The maximum Gasteiger partial charge on any atom is 0.344 e. The zero-order valence-electron chi connectivity index (χ0n) is 10.5. The lowest BCUT2D eigenvalue weighted by molar-refractivity contribution is -0.157. The molecule has 0 atom stereocenters. The Balaban J connectivity index is 2.56. The molecule has 1 aromatic carbocycles. The van der Waals surface area contributed by atoms with E-state index in [9.17, 15) is 4.79 Å². The van der Waals surface area contributed by atoms with Crippen LogP contribution in [0, 0.1) is 6.92 Å². The van der Waals surface area contributed by atoms with Gasteiger partial charge in [-0.1, -0.05) is 17.7 Å². The second-order valence-electron chi connectivity index (χ2n) is 4.74. The van der Waals surface area contributed by atoms with Gasteiger partial charge in [0.25, 0.3) is 0 Å². The first-order valence-corrected chi connectivity index (χ1v) is 5.77. The number of hydrogen-bond donors (Lipinski definition) is 0. The van der Waals surface area contributed by atoms with Gasteiger partial charge in [0.15, 0.2) is 6.61 Å². The van der Waals surface area contributed by atoms with E-state index in [1.54, 1.807) is 18.2 Å². The molecule has 0 saturated carbocycles. The fraction of sp³-hybridized carbons (Fsp3) is 0.462. The number of carbonyl (C=O) groups excluding carboxylic acids is 1. The number of benzene rings is 1. The second-order valence-corrected chi connectivity index (χ2v) is 5.15. The minimum atomic E-state index is -0.496. The number of hydrogen-bond acceptors (Lipinski definition) is 3. The van der Waals surface area contributed by atoms with Crippen LogP contribution in [-0.4, -0.2) is 18.2 Å². The van der Waals surface area contributed by atoms with E-state index >= 15 is 0 Å². The number of ether oxygens (including phenoxy) is 2. The summed E-state index contributed by atoms with van der Waals surface area (Å²) in [6.45, 7) is 7.17. The van der Waals surface area contributed by atoms with E-state index in [2.05, 4.69) is 0 Å². The van der Waals surface area contributed by atoms with E-state index in [1.165, 1.54) is 0 Å². The first-order valence-electron chi connectivity index (χ1n) is 5.39. The molecule has 0 N–H and O–H groups in total. The zero-order valence-corrected chi connectivity index (χ0v) is 11.3. The third-order valence-corrected chi connectivity index (χ3v) is 2.39. The predicted octanol–water partition coefficient (Wildman–Crippen LogP) is 3.37. The Kier molecular flexibility index (Phi) is 4.40. The number of halogens is 1. The molecule has 94 valence electrons. The van der Waals surface area contributed by atoms with Crippen molar-refractivity contribution >= 4 is 17.6 Å². The summed E-state index contributed by atoms with van der Waals surface area (Å²) in [6, 6.07) is 5.32. The molecule has 0 unspecified atom stereocenters. The van der Waals surface area contributed by atoms with Crippen LogP contribution >= 0.6 is 11.6 Å². The van der Waals surface area contributed by atoms with Crippen molar-refractivity contribution < 1.29 is 14.3 Å². The van der Waals surface area contributed by atoms with E-state index in [1.807, 2.05) is 27.7 Å². The lowest BCUT2D eigenvalue weighted by atomic mass is 10.2. The van der Waals surface area contributed by atoms with Gasteiger partial charge >= 0.3 is 5.97 Å². The average Bonchev–Trinajstić information content (AvgIpc) is 2.18. The summed E-state index contributed by atoms with van der Waals surface area (Å²) < 4.78 is 10.5. The number of esters is 1. The van der Waals surface area contributed by atoms with Crippen LogP contribution in [0.5, 0.6) is 5.75 Å². The molecule has 0 aromatic heterocycles. The molecule has 4 heteroatoms. The van der Waals surface area contributed by atoms with Gasteiger partial charge in [0.05, 0.1) is 0 Å². The predicted molar refractivity (Wildman–Crippen MR) is 67.5 cm³/mol. The molecule has 0 saturated heterocycles. The Labute approximate surface area is 107 Å². The average molecular weight is 257 g/mol. The first-order chi connectivity index (χ1) is 7.79. The molecule has 0 aliphatic heterocycles. The summed E-state index contributed by atoms with van der Waals surface area (Å²) in [7, 11) is 0. The van der Waals surface area contributed by atoms with Gasteiger partial charge in [-0.3, -0.25) is 0 Å². The summed E-state index contributed by atoms with van der Waals surface area (Å²) in [6.07, 6.45) is 0. The smallest absolute Gasteiger partial charge is 0.344 e. The van der Waals surface area contributed by atoms with Crippen LogP contribution in [0.25, 0.3) is 0 Å². The van der Waals surface area contributed by atoms with Gasteiger partial charge < -0.3 is 9.47 Å². The summed E-state index contributed by atoms with van der Waals surface area (Å²) in [5, 5.41) is 0.617. The van der Waals surface area contributed by atoms with Crippen molar-refractivity contribution in [2.24, 2.45) is 0 Å². The third-order valence-electron chi connectivity index (χ3n) is 1.98. The van der Waals surface area contributed by atoms with E-state index in [0.29, 0.717) is 10.8 Å². The van der Waals surface area contributed by atoms with Crippen LogP contribution in [0.15, 0.2) is 18.2 Å². The molecule has 0 spiro atoms. The fourth-order valence-electron chi connectivity index (χ4n) is 1.25. The summed E-state index contributed by atoms with van der Waals surface area (Å²) >= 11 is 5.94. The van der Waals surface area contributed by atoms with Crippen LogP contribution in [0.2, 0.25) is 5.02 Å². The van der Waals surface area contributed by atoms with Gasteiger partial charge in [-0.25, -0.2) is 4.79 Å². The van der Waals surface area contributed by atoms with Crippen molar-refractivity contribution in [2.45, 2.75) is 33.3 Å². The molecule has 0 bridgehead atoms. The van der Waals surface area contributed by atoms with Crippen molar-refractivity contribution in [3.63, 3.8) is 0 Å². The van der Waals surface area contributed by atoms with Crippen LogP contribution < -0.4 is 4.74 Å². The third kappa shape index (κ3) is 4.65. The maximum atomic E-state index is 11.4. The Bertz CT molecular complexity index is 408. The Hall–Kier alpha value is -1.22. The molecule has 3 nitrogen and oxygen atoms in total. The maximum absolute atomic E-state index is 11.4. The van der Waals surface area contributed by atoms with Crippen molar-refractivity contribution in [2.75, 3.05) is 6.61 Å². The monoisotopic (exact) mass is 256 g/mol. The van der Waals surface area contributed by atoms with Gasteiger partial charge in [-0.05, 0) is 39.8 Å². The van der Waals surface area contributed by atoms with Crippen LogP contribution in [0.4, 0.5) is 0 Å². The molecule has 1 rings (SSSR count). The lowest BCUT2D eigenvalue weighted by Gasteiger charge is -2.19. The molecular formula is C13H17ClO3. The highest BCUT2D eigenvalue weighted by atomic mass is 35.5. The summed E-state index contributed by atoms with van der Waals surface area (Å²) in [5.74, 6) is 0.209. The Morgan fingerprint density at radius 2 is 2.00 bits per heavy atom. The van der Waals surface area contributed by atoms with E-state index in [0.717, 1.165) is 5.56 Å². The van der Waals surface area contributed by atoms with Gasteiger partial charge in [-0.15, -0.1) is 0 Å². The number of rotatable bonds is 3. The van der Waals surface area contributed by atoms with E-state index in [4.69, 9.17) is 21.1 Å². The second kappa shape index (κ2) is 5.41.